The van der Waals surface area contributed by atoms with Crippen LogP contribution in [0, 0.1) is 5.41 Å². The van der Waals surface area contributed by atoms with Crippen LogP contribution in [0.15, 0.2) is 4.52 Å². The molecule has 1 saturated carbocycles. The maximum Gasteiger partial charge on any atom is 0.292 e. The van der Waals surface area contributed by atoms with Gasteiger partial charge in [0.15, 0.2) is 0 Å². The number of carbonyl (C=O) groups is 1. The van der Waals surface area contributed by atoms with Gasteiger partial charge in [0, 0.05) is 12.0 Å². The first-order valence-corrected chi connectivity index (χ1v) is 6.68. The van der Waals surface area contributed by atoms with Gasteiger partial charge in [-0.1, -0.05) is 5.16 Å². The quantitative estimate of drug-likeness (QED) is 0.693. The zero-order valence-electron chi connectivity index (χ0n) is 10.7. The summed E-state index contributed by atoms with van der Waals surface area (Å²) in [6.07, 6.45) is 3.94. The Morgan fingerprint density at radius 1 is 1.58 bits per heavy atom. The summed E-state index contributed by atoms with van der Waals surface area (Å²) in [4.78, 5) is 16.0. The van der Waals surface area contributed by atoms with E-state index in [9.17, 15) is 9.90 Å². The molecule has 1 aliphatic carbocycles. The monoisotopic (exact) mass is 266 g/mol. The van der Waals surface area contributed by atoms with Gasteiger partial charge in [-0.05, 0) is 32.2 Å². The van der Waals surface area contributed by atoms with Crippen molar-refractivity contribution in [1.82, 2.24) is 20.8 Å². The van der Waals surface area contributed by atoms with Crippen LogP contribution in [-0.4, -0.2) is 40.9 Å². The van der Waals surface area contributed by atoms with E-state index in [-0.39, 0.29) is 29.8 Å². The topological polar surface area (TPSA) is 100 Å². The van der Waals surface area contributed by atoms with Crippen molar-refractivity contribution in [2.45, 2.75) is 31.7 Å². The maximum atomic E-state index is 11.9. The van der Waals surface area contributed by atoms with Gasteiger partial charge in [-0.15, -0.1) is 0 Å². The van der Waals surface area contributed by atoms with E-state index in [0.717, 1.165) is 32.2 Å². The molecule has 0 spiro atoms. The Hall–Kier alpha value is -1.47. The zero-order valence-corrected chi connectivity index (χ0v) is 10.7. The van der Waals surface area contributed by atoms with Gasteiger partial charge in [-0.2, -0.15) is 4.98 Å². The van der Waals surface area contributed by atoms with Crippen LogP contribution in [0.3, 0.4) is 0 Å². The first-order valence-electron chi connectivity index (χ1n) is 6.68. The van der Waals surface area contributed by atoms with Gasteiger partial charge in [-0.25, -0.2) is 0 Å². The lowest BCUT2D eigenvalue weighted by Crippen LogP contribution is -2.32. The third kappa shape index (κ3) is 2.62. The van der Waals surface area contributed by atoms with Crippen LogP contribution in [0.5, 0.6) is 0 Å². The van der Waals surface area contributed by atoms with E-state index in [1.807, 2.05) is 0 Å². The normalized spacial score (nSPS) is 24.4. The van der Waals surface area contributed by atoms with E-state index in [1.165, 1.54) is 0 Å². The third-order valence-electron chi connectivity index (χ3n) is 3.92. The SMILES string of the molecule is O=C(NCC1(CO)CC1)c1noc(C2CCCN2)n1. The van der Waals surface area contributed by atoms with Gasteiger partial charge in [0.05, 0.1) is 12.6 Å². The number of rotatable bonds is 5. The molecule has 3 rings (SSSR count). The molecule has 0 aromatic carbocycles. The molecule has 2 heterocycles. The Labute approximate surface area is 110 Å². The predicted octanol–water partition coefficient (Wildman–Crippen LogP) is -0.00360. The van der Waals surface area contributed by atoms with Crippen molar-refractivity contribution < 1.29 is 14.4 Å². The van der Waals surface area contributed by atoms with Crippen LogP contribution in [0.4, 0.5) is 0 Å². The zero-order chi connectivity index (χ0) is 13.3. The summed E-state index contributed by atoms with van der Waals surface area (Å²) in [5.41, 5.74) is -0.116. The number of hydrogen-bond acceptors (Lipinski definition) is 6. The molecule has 0 bridgehead atoms. The molecule has 0 radical (unpaired) electrons. The Morgan fingerprint density at radius 3 is 3.05 bits per heavy atom. The molecule has 7 nitrogen and oxygen atoms in total. The maximum absolute atomic E-state index is 11.9. The molecule has 104 valence electrons. The predicted molar refractivity (Wildman–Crippen MR) is 65.4 cm³/mol. The second-order valence-electron chi connectivity index (χ2n) is 5.45. The highest BCUT2D eigenvalue weighted by Crippen LogP contribution is 2.44. The molecule has 3 N–H and O–H groups in total. The molecule has 2 aliphatic rings. The fourth-order valence-electron chi connectivity index (χ4n) is 2.28. The summed E-state index contributed by atoms with van der Waals surface area (Å²) in [6.45, 7) is 1.51. The summed E-state index contributed by atoms with van der Waals surface area (Å²) in [7, 11) is 0. The highest BCUT2D eigenvalue weighted by atomic mass is 16.5. The van der Waals surface area contributed by atoms with E-state index in [2.05, 4.69) is 20.8 Å². The number of nitrogens with one attached hydrogen (secondary N) is 2. The molecule has 1 aromatic heterocycles. The minimum Gasteiger partial charge on any atom is -0.396 e. The van der Waals surface area contributed by atoms with Crippen LogP contribution in [-0.2, 0) is 0 Å². The number of amides is 1. The number of nitrogens with zero attached hydrogens (tertiary/aromatic N) is 2. The summed E-state index contributed by atoms with van der Waals surface area (Å²) in [6, 6.07) is 0.0706. The number of aliphatic hydroxyl groups is 1. The average Bonchev–Trinajstić information content (AvgIpc) is 2.87. The van der Waals surface area contributed by atoms with Crippen molar-refractivity contribution in [3.63, 3.8) is 0 Å². The van der Waals surface area contributed by atoms with Crippen molar-refractivity contribution in [3.8, 4) is 0 Å². The second-order valence-corrected chi connectivity index (χ2v) is 5.45. The van der Waals surface area contributed by atoms with Crippen molar-refractivity contribution in [1.29, 1.82) is 0 Å². The molecular formula is C12H18N4O3. The fraction of sp³-hybridized carbons (Fsp3) is 0.750. The molecule has 2 fully saturated rings. The smallest absolute Gasteiger partial charge is 0.292 e. The van der Waals surface area contributed by atoms with Gasteiger partial charge in [-0.3, -0.25) is 4.79 Å². The number of aliphatic hydroxyl groups excluding tert-OH is 1. The molecule has 1 atom stereocenters. The van der Waals surface area contributed by atoms with Gasteiger partial charge in [0.2, 0.25) is 5.89 Å². The van der Waals surface area contributed by atoms with Gasteiger partial charge < -0.3 is 20.3 Å². The average molecular weight is 266 g/mol. The molecular weight excluding hydrogens is 248 g/mol. The minimum absolute atomic E-state index is 0.0671. The molecule has 19 heavy (non-hydrogen) atoms. The largest absolute Gasteiger partial charge is 0.396 e. The molecule has 1 aromatic rings. The fourth-order valence-corrected chi connectivity index (χ4v) is 2.28. The molecule has 1 unspecified atom stereocenters. The summed E-state index contributed by atoms with van der Waals surface area (Å²) < 4.78 is 5.11. The summed E-state index contributed by atoms with van der Waals surface area (Å²) >= 11 is 0. The Balaban J connectivity index is 1.57. The highest BCUT2D eigenvalue weighted by molar-refractivity contribution is 5.90. The lowest BCUT2D eigenvalue weighted by atomic mass is 10.1. The van der Waals surface area contributed by atoms with Gasteiger partial charge in [0.25, 0.3) is 11.7 Å². The molecule has 1 amide bonds. The van der Waals surface area contributed by atoms with Crippen molar-refractivity contribution in [2.75, 3.05) is 19.7 Å². The minimum atomic E-state index is -0.340. The highest BCUT2D eigenvalue weighted by Gasteiger charge is 2.42. The number of carbonyl (C=O) groups excluding carboxylic acids is 1. The van der Waals surface area contributed by atoms with Crippen LogP contribution >= 0.6 is 0 Å². The van der Waals surface area contributed by atoms with Crippen molar-refractivity contribution in [2.24, 2.45) is 5.41 Å². The standard InChI is InChI=1S/C12H18N4O3/c17-7-12(3-4-12)6-14-10(18)9-15-11(19-16-9)8-2-1-5-13-8/h8,13,17H,1-7H2,(H,14,18). The van der Waals surface area contributed by atoms with E-state index in [1.54, 1.807) is 0 Å². The van der Waals surface area contributed by atoms with Crippen LogP contribution in [0.2, 0.25) is 0 Å². The molecule has 1 saturated heterocycles. The van der Waals surface area contributed by atoms with Crippen LogP contribution in [0.1, 0.15) is 48.2 Å². The number of hydrogen-bond donors (Lipinski definition) is 3. The van der Waals surface area contributed by atoms with Gasteiger partial charge >= 0.3 is 0 Å². The van der Waals surface area contributed by atoms with Crippen LogP contribution in [0.25, 0.3) is 0 Å². The molecule has 7 heteroatoms. The third-order valence-corrected chi connectivity index (χ3v) is 3.92. The van der Waals surface area contributed by atoms with E-state index >= 15 is 0 Å². The number of aromatic nitrogens is 2. The Morgan fingerprint density at radius 2 is 2.42 bits per heavy atom. The van der Waals surface area contributed by atoms with E-state index in [4.69, 9.17) is 4.52 Å². The lowest BCUT2D eigenvalue weighted by molar-refractivity contribution is 0.0922. The van der Waals surface area contributed by atoms with E-state index in [0.29, 0.717) is 12.4 Å². The Bertz CT molecular complexity index is 463. The van der Waals surface area contributed by atoms with Crippen molar-refractivity contribution >= 4 is 5.91 Å². The Kier molecular flexibility index (Phi) is 3.24. The van der Waals surface area contributed by atoms with Gasteiger partial charge in [0.1, 0.15) is 0 Å². The van der Waals surface area contributed by atoms with Crippen molar-refractivity contribution in [3.05, 3.63) is 11.7 Å². The van der Waals surface area contributed by atoms with Crippen LogP contribution < -0.4 is 10.6 Å². The molecule has 1 aliphatic heterocycles. The second kappa shape index (κ2) is 4.90. The van der Waals surface area contributed by atoms with E-state index < -0.39 is 0 Å². The first kappa shape index (κ1) is 12.6. The first-order chi connectivity index (χ1) is 9.22. The summed E-state index contributed by atoms with van der Waals surface area (Å²) in [5.74, 6) is 0.205. The lowest BCUT2D eigenvalue weighted by Gasteiger charge is -2.10. The summed E-state index contributed by atoms with van der Waals surface area (Å²) in [5, 5.41) is 18.9.